The van der Waals surface area contributed by atoms with Crippen LogP contribution in [-0.2, 0) is 6.54 Å². The van der Waals surface area contributed by atoms with E-state index in [-0.39, 0.29) is 0 Å². The Balaban J connectivity index is 2.18. The highest BCUT2D eigenvalue weighted by Crippen LogP contribution is 2.13. The van der Waals surface area contributed by atoms with Crippen molar-refractivity contribution < 1.29 is 0 Å². The molecule has 0 saturated heterocycles. The Morgan fingerprint density at radius 1 is 1.47 bits per heavy atom. The molecule has 0 bridgehead atoms. The molecule has 1 aromatic heterocycles. The summed E-state index contributed by atoms with van der Waals surface area (Å²) in [6.45, 7) is 8.57. The van der Waals surface area contributed by atoms with E-state index >= 15 is 0 Å². The largest absolute Gasteiger partial charge is 0.315 e. The molecule has 0 spiro atoms. The standard InChI is InChI=1S/C11H21N3S/c1-4-5-12-6-7-14(3)8-11-10(2)13-9-15-11/h9,12H,4-8H2,1-3H3. The van der Waals surface area contributed by atoms with Crippen LogP contribution in [0.5, 0.6) is 0 Å². The van der Waals surface area contributed by atoms with E-state index in [1.807, 2.05) is 5.51 Å². The number of rotatable bonds is 7. The van der Waals surface area contributed by atoms with Crippen LogP contribution in [-0.4, -0.2) is 36.6 Å². The van der Waals surface area contributed by atoms with Crippen molar-refractivity contribution in [1.29, 1.82) is 0 Å². The molecule has 86 valence electrons. The minimum atomic E-state index is 1.02. The van der Waals surface area contributed by atoms with Gasteiger partial charge in [0, 0.05) is 24.5 Å². The van der Waals surface area contributed by atoms with Gasteiger partial charge in [-0.05, 0) is 26.9 Å². The quantitative estimate of drug-likeness (QED) is 0.721. The Bertz CT molecular complexity index is 273. The lowest BCUT2D eigenvalue weighted by Crippen LogP contribution is -2.29. The minimum absolute atomic E-state index is 1.02. The van der Waals surface area contributed by atoms with Gasteiger partial charge < -0.3 is 5.32 Å². The van der Waals surface area contributed by atoms with Crippen LogP contribution in [0.25, 0.3) is 0 Å². The molecule has 0 aliphatic heterocycles. The molecule has 15 heavy (non-hydrogen) atoms. The highest BCUT2D eigenvalue weighted by atomic mass is 32.1. The van der Waals surface area contributed by atoms with Crippen LogP contribution in [0, 0.1) is 6.92 Å². The Morgan fingerprint density at radius 3 is 2.87 bits per heavy atom. The van der Waals surface area contributed by atoms with E-state index < -0.39 is 0 Å². The van der Waals surface area contributed by atoms with E-state index in [1.54, 1.807) is 11.3 Å². The molecule has 0 aliphatic rings. The molecule has 0 aliphatic carbocycles. The van der Waals surface area contributed by atoms with Gasteiger partial charge in [0.2, 0.25) is 0 Å². The number of aromatic nitrogens is 1. The first kappa shape index (κ1) is 12.6. The lowest BCUT2D eigenvalue weighted by molar-refractivity contribution is 0.326. The summed E-state index contributed by atoms with van der Waals surface area (Å²) < 4.78 is 0. The number of likely N-dealkylation sites (N-methyl/N-ethyl adjacent to an activating group) is 1. The molecule has 1 rings (SSSR count). The topological polar surface area (TPSA) is 28.2 Å². The third-order valence-electron chi connectivity index (χ3n) is 2.36. The molecule has 0 radical (unpaired) electrons. The molecule has 0 fully saturated rings. The van der Waals surface area contributed by atoms with Gasteiger partial charge in [0.05, 0.1) is 11.2 Å². The van der Waals surface area contributed by atoms with Crippen molar-refractivity contribution in [3.05, 3.63) is 16.1 Å². The van der Waals surface area contributed by atoms with Crippen LogP contribution in [0.4, 0.5) is 0 Å². The number of thiazole rings is 1. The maximum Gasteiger partial charge on any atom is 0.0798 e. The number of nitrogens with one attached hydrogen (secondary N) is 1. The molecule has 0 amide bonds. The molecule has 1 heterocycles. The fourth-order valence-electron chi connectivity index (χ4n) is 1.37. The summed E-state index contributed by atoms with van der Waals surface area (Å²) in [5, 5.41) is 3.41. The SMILES string of the molecule is CCCNCCN(C)Cc1scnc1C. The van der Waals surface area contributed by atoms with Gasteiger partial charge in [-0.1, -0.05) is 6.92 Å². The molecular weight excluding hydrogens is 206 g/mol. The summed E-state index contributed by atoms with van der Waals surface area (Å²) in [6, 6.07) is 0. The molecular formula is C11H21N3S. The van der Waals surface area contributed by atoms with Crippen LogP contribution >= 0.6 is 11.3 Å². The van der Waals surface area contributed by atoms with Crippen molar-refractivity contribution >= 4 is 11.3 Å². The zero-order valence-electron chi connectivity index (χ0n) is 9.92. The van der Waals surface area contributed by atoms with Crippen molar-refractivity contribution in [2.24, 2.45) is 0 Å². The maximum atomic E-state index is 4.26. The highest BCUT2D eigenvalue weighted by Gasteiger charge is 2.04. The number of nitrogens with zero attached hydrogens (tertiary/aromatic N) is 2. The maximum absolute atomic E-state index is 4.26. The third-order valence-corrected chi connectivity index (χ3v) is 3.28. The Kier molecular flexibility index (Phi) is 5.83. The van der Waals surface area contributed by atoms with Crippen LogP contribution in [0.2, 0.25) is 0 Å². The summed E-state index contributed by atoms with van der Waals surface area (Å²) >= 11 is 1.75. The molecule has 0 atom stereocenters. The normalized spacial score (nSPS) is 11.2. The fourth-order valence-corrected chi connectivity index (χ4v) is 2.23. The van der Waals surface area contributed by atoms with E-state index in [0.29, 0.717) is 0 Å². The average Bonchev–Trinajstić information content (AvgIpc) is 2.59. The smallest absolute Gasteiger partial charge is 0.0798 e. The first-order chi connectivity index (χ1) is 7.24. The summed E-state index contributed by atoms with van der Waals surface area (Å²) in [6.07, 6.45) is 1.21. The second kappa shape index (κ2) is 6.93. The van der Waals surface area contributed by atoms with Crippen molar-refractivity contribution in [3.8, 4) is 0 Å². The van der Waals surface area contributed by atoms with Gasteiger partial charge in [-0.25, -0.2) is 4.98 Å². The second-order valence-corrected chi connectivity index (χ2v) is 4.79. The molecule has 1 N–H and O–H groups in total. The van der Waals surface area contributed by atoms with E-state index in [9.17, 15) is 0 Å². The lowest BCUT2D eigenvalue weighted by Gasteiger charge is -2.16. The minimum Gasteiger partial charge on any atom is -0.315 e. The average molecular weight is 227 g/mol. The summed E-state index contributed by atoms with van der Waals surface area (Å²) in [7, 11) is 2.16. The van der Waals surface area contributed by atoms with Crippen molar-refractivity contribution in [3.63, 3.8) is 0 Å². The first-order valence-corrected chi connectivity index (χ1v) is 6.40. The van der Waals surface area contributed by atoms with Gasteiger partial charge >= 0.3 is 0 Å². The number of hydrogen-bond acceptors (Lipinski definition) is 4. The molecule has 0 saturated carbocycles. The van der Waals surface area contributed by atoms with Gasteiger partial charge in [-0.3, -0.25) is 4.90 Å². The van der Waals surface area contributed by atoms with Gasteiger partial charge in [-0.2, -0.15) is 0 Å². The van der Waals surface area contributed by atoms with Gasteiger partial charge in [-0.15, -0.1) is 11.3 Å². The van der Waals surface area contributed by atoms with Crippen molar-refractivity contribution in [2.45, 2.75) is 26.8 Å². The molecule has 3 nitrogen and oxygen atoms in total. The summed E-state index contributed by atoms with van der Waals surface area (Å²) in [4.78, 5) is 7.97. The Morgan fingerprint density at radius 2 is 2.27 bits per heavy atom. The number of hydrogen-bond donors (Lipinski definition) is 1. The Labute approximate surface area is 96.5 Å². The molecule has 0 aromatic carbocycles. The van der Waals surface area contributed by atoms with Crippen molar-refractivity contribution in [2.75, 3.05) is 26.7 Å². The fraction of sp³-hybridized carbons (Fsp3) is 0.727. The van der Waals surface area contributed by atoms with Crippen LogP contribution < -0.4 is 5.32 Å². The Hall–Kier alpha value is -0.450. The van der Waals surface area contributed by atoms with E-state index in [0.717, 1.165) is 26.2 Å². The zero-order valence-corrected chi connectivity index (χ0v) is 10.7. The predicted molar refractivity (Wildman–Crippen MR) is 66.3 cm³/mol. The summed E-state index contributed by atoms with van der Waals surface area (Å²) in [5.74, 6) is 0. The first-order valence-electron chi connectivity index (χ1n) is 5.52. The third kappa shape index (κ3) is 4.73. The van der Waals surface area contributed by atoms with E-state index in [4.69, 9.17) is 0 Å². The predicted octanol–water partition coefficient (Wildman–Crippen LogP) is 1.88. The second-order valence-electron chi connectivity index (χ2n) is 3.85. The lowest BCUT2D eigenvalue weighted by atomic mass is 10.3. The number of aryl methyl sites for hydroxylation is 1. The molecule has 4 heteroatoms. The molecule has 0 unspecified atom stereocenters. The van der Waals surface area contributed by atoms with Gasteiger partial charge in [0.25, 0.3) is 0 Å². The van der Waals surface area contributed by atoms with E-state index in [2.05, 4.69) is 36.1 Å². The van der Waals surface area contributed by atoms with Crippen LogP contribution in [0.1, 0.15) is 23.9 Å². The van der Waals surface area contributed by atoms with Gasteiger partial charge in [0.15, 0.2) is 0 Å². The van der Waals surface area contributed by atoms with Crippen LogP contribution in [0.3, 0.4) is 0 Å². The van der Waals surface area contributed by atoms with Crippen LogP contribution in [0.15, 0.2) is 5.51 Å². The zero-order chi connectivity index (χ0) is 11.1. The van der Waals surface area contributed by atoms with Crippen molar-refractivity contribution in [1.82, 2.24) is 15.2 Å². The molecule has 1 aromatic rings. The highest BCUT2D eigenvalue weighted by molar-refractivity contribution is 7.09. The monoisotopic (exact) mass is 227 g/mol. The van der Waals surface area contributed by atoms with E-state index in [1.165, 1.54) is 17.0 Å². The van der Waals surface area contributed by atoms with Gasteiger partial charge in [0.1, 0.15) is 0 Å². The summed E-state index contributed by atoms with van der Waals surface area (Å²) in [5.41, 5.74) is 3.10.